The topological polar surface area (TPSA) is 57.6 Å². The molecule has 1 saturated carbocycles. The van der Waals surface area contributed by atoms with Gasteiger partial charge in [-0.1, -0.05) is 13.8 Å². The summed E-state index contributed by atoms with van der Waals surface area (Å²) in [6.07, 6.45) is 4.47. The monoisotopic (exact) mass is 414 g/mol. The number of carbonyl (C=O) groups is 1. The van der Waals surface area contributed by atoms with Crippen LogP contribution in [0.15, 0.2) is 23.1 Å². The summed E-state index contributed by atoms with van der Waals surface area (Å²) in [7, 11) is 0. The van der Waals surface area contributed by atoms with Gasteiger partial charge in [0.1, 0.15) is 11.4 Å². The van der Waals surface area contributed by atoms with Crippen molar-refractivity contribution in [1.82, 2.24) is 14.8 Å². The zero-order valence-corrected chi connectivity index (χ0v) is 18.1. The maximum absolute atomic E-state index is 15.1. The molecule has 1 atom stereocenters. The van der Waals surface area contributed by atoms with Crippen molar-refractivity contribution in [2.24, 2.45) is 0 Å². The number of nitrogens with one attached hydrogen (secondary N) is 1. The van der Waals surface area contributed by atoms with Gasteiger partial charge in [-0.2, -0.15) is 0 Å². The SMILES string of the molecule is CCC(C)NC(=O)c1cn(C2CC2)c2cc(N3CCN(CC)CC3)c(F)cc2c1=O. The first kappa shape index (κ1) is 20.8. The molecule has 1 aliphatic heterocycles. The van der Waals surface area contributed by atoms with Crippen LogP contribution in [0.2, 0.25) is 0 Å². The van der Waals surface area contributed by atoms with E-state index in [9.17, 15) is 9.59 Å². The molecule has 2 aliphatic rings. The van der Waals surface area contributed by atoms with E-state index < -0.39 is 11.2 Å². The molecule has 0 spiro atoms. The largest absolute Gasteiger partial charge is 0.367 e. The Morgan fingerprint density at radius 3 is 2.50 bits per heavy atom. The highest BCUT2D eigenvalue weighted by Gasteiger charge is 2.28. The average molecular weight is 415 g/mol. The van der Waals surface area contributed by atoms with E-state index in [1.807, 2.05) is 24.5 Å². The fourth-order valence-corrected chi connectivity index (χ4v) is 4.13. The quantitative estimate of drug-likeness (QED) is 0.789. The van der Waals surface area contributed by atoms with Crippen molar-refractivity contribution in [1.29, 1.82) is 0 Å². The van der Waals surface area contributed by atoms with Crippen LogP contribution in [0.3, 0.4) is 0 Å². The molecule has 0 radical (unpaired) electrons. The molecule has 30 heavy (non-hydrogen) atoms. The number of hydrogen-bond donors (Lipinski definition) is 1. The molecule has 0 bridgehead atoms. The molecule has 1 saturated heterocycles. The number of pyridine rings is 1. The first-order valence-electron chi connectivity index (χ1n) is 11.1. The molecule has 1 aliphatic carbocycles. The lowest BCUT2D eigenvalue weighted by atomic mass is 10.1. The summed E-state index contributed by atoms with van der Waals surface area (Å²) in [5.41, 5.74) is 0.961. The van der Waals surface area contributed by atoms with Crippen molar-refractivity contribution in [3.05, 3.63) is 39.9 Å². The molecule has 1 N–H and O–H groups in total. The average Bonchev–Trinajstić information content (AvgIpc) is 3.59. The molecule has 7 heteroatoms. The van der Waals surface area contributed by atoms with Gasteiger partial charge in [0.2, 0.25) is 5.43 Å². The highest BCUT2D eigenvalue weighted by atomic mass is 19.1. The predicted molar refractivity (Wildman–Crippen MR) is 118 cm³/mol. The van der Waals surface area contributed by atoms with Gasteiger partial charge in [0.25, 0.3) is 5.91 Å². The van der Waals surface area contributed by atoms with Crippen LogP contribution < -0.4 is 15.6 Å². The van der Waals surface area contributed by atoms with E-state index in [-0.39, 0.29) is 28.9 Å². The van der Waals surface area contributed by atoms with Gasteiger partial charge in [-0.3, -0.25) is 9.59 Å². The summed E-state index contributed by atoms with van der Waals surface area (Å²) in [6.45, 7) is 10.3. The zero-order valence-electron chi connectivity index (χ0n) is 18.1. The van der Waals surface area contributed by atoms with Gasteiger partial charge in [0, 0.05) is 49.8 Å². The van der Waals surface area contributed by atoms with E-state index in [1.54, 1.807) is 6.20 Å². The molecular weight excluding hydrogens is 383 g/mol. The van der Waals surface area contributed by atoms with Crippen LogP contribution in [-0.4, -0.2) is 54.1 Å². The minimum atomic E-state index is -0.399. The van der Waals surface area contributed by atoms with Crippen molar-refractivity contribution in [3.63, 3.8) is 0 Å². The highest BCUT2D eigenvalue weighted by Crippen LogP contribution is 2.38. The first-order valence-corrected chi connectivity index (χ1v) is 11.1. The summed E-state index contributed by atoms with van der Waals surface area (Å²) in [6, 6.07) is 3.38. The number of piperazine rings is 1. The second-order valence-electron chi connectivity index (χ2n) is 8.54. The van der Waals surface area contributed by atoms with Crippen molar-refractivity contribution >= 4 is 22.5 Å². The minimum Gasteiger partial charge on any atom is -0.367 e. The summed E-state index contributed by atoms with van der Waals surface area (Å²) in [5.74, 6) is -0.780. The normalized spacial score (nSPS) is 18.6. The number of anilines is 1. The van der Waals surface area contributed by atoms with Gasteiger partial charge in [-0.25, -0.2) is 4.39 Å². The Balaban J connectivity index is 1.77. The molecule has 6 nitrogen and oxygen atoms in total. The van der Waals surface area contributed by atoms with Crippen LogP contribution in [0.5, 0.6) is 0 Å². The number of amides is 1. The molecule has 2 heterocycles. The zero-order chi connectivity index (χ0) is 21.4. The smallest absolute Gasteiger partial charge is 0.256 e. The lowest BCUT2D eigenvalue weighted by Gasteiger charge is -2.35. The molecule has 162 valence electrons. The van der Waals surface area contributed by atoms with Crippen LogP contribution in [0.4, 0.5) is 10.1 Å². The van der Waals surface area contributed by atoms with Gasteiger partial charge in [0.15, 0.2) is 0 Å². The van der Waals surface area contributed by atoms with Gasteiger partial charge in [-0.05, 0) is 44.9 Å². The van der Waals surface area contributed by atoms with E-state index in [4.69, 9.17) is 0 Å². The van der Waals surface area contributed by atoms with Crippen molar-refractivity contribution in [2.75, 3.05) is 37.6 Å². The number of nitrogens with zero attached hydrogens (tertiary/aromatic N) is 3. The fraction of sp³-hybridized carbons (Fsp3) is 0.565. The maximum atomic E-state index is 15.1. The number of fused-ring (bicyclic) bond motifs is 1. The molecule has 1 aromatic heterocycles. The lowest BCUT2D eigenvalue weighted by molar-refractivity contribution is 0.0937. The minimum absolute atomic E-state index is 0.0251. The second-order valence-corrected chi connectivity index (χ2v) is 8.54. The second kappa shape index (κ2) is 8.38. The van der Waals surface area contributed by atoms with Gasteiger partial charge < -0.3 is 19.7 Å². The Morgan fingerprint density at radius 2 is 1.90 bits per heavy atom. The molecule has 4 rings (SSSR count). The Bertz CT molecular complexity index is 1010. The number of likely N-dealkylation sites (N-methyl/N-ethyl adjacent to an activating group) is 1. The van der Waals surface area contributed by atoms with E-state index in [0.29, 0.717) is 5.69 Å². The Hall–Kier alpha value is -2.41. The summed E-state index contributed by atoms with van der Waals surface area (Å²) in [5, 5.41) is 3.15. The number of benzene rings is 1. The lowest BCUT2D eigenvalue weighted by Crippen LogP contribution is -2.46. The van der Waals surface area contributed by atoms with Crippen LogP contribution in [-0.2, 0) is 0 Å². The number of carbonyl (C=O) groups excluding carboxylic acids is 1. The summed E-state index contributed by atoms with van der Waals surface area (Å²) in [4.78, 5) is 30.2. The molecule has 1 unspecified atom stereocenters. The van der Waals surface area contributed by atoms with Crippen LogP contribution in [0, 0.1) is 5.82 Å². The third-order valence-corrected chi connectivity index (χ3v) is 6.44. The van der Waals surface area contributed by atoms with Gasteiger partial charge >= 0.3 is 0 Å². The van der Waals surface area contributed by atoms with Gasteiger partial charge in [0.05, 0.1) is 11.2 Å². The van der Waals surface area contributed by atoms with Crippen LogP contribution >= 0.6 is 0 Å². The van der Waals surface area contributed by atoms with Gasteiger partial charge in [-0.15, -0.1) is 0 Å². The maximum Gasteiger partial charge on any atom is 0.256 e. The molecule has 1 aromatic carbocycles. The van der Waals surface area contributed by atoms with Crippen molar-refractivity contribution in [2.45, 2.75) is 52.1 Å². The molecular formula is C23H31FN4O2. The van der Waals surface area contributed by atoms with E-state index >= 15 is 4.39 Å². The highest BCUT2D eigenvalue weighted by molar-refractivity contribution is 5.98. The fourth-order valence-electron chi connectivity index (χ4n) is 4.13. The number of halogens is 1. The standard InChI is InChI=1S/C23H31FN4O2/c1-4-15(3)25-23(30)18-14-28(16-6-7-16)20-13-21(19(24)12-17(20)22(18)29)27-10-8-26(5-2)9-11-27/h12-16H,4-11H2,1-3H3,(H,25,30). The Morgan fingerprint density at radius 1 is 1.20 bits per heavy atom. The first-order chi connectivity index (χ1) is 14.4. The van der Waals surface area contributed by atoms with Crippen molar-refractivity contribution in [3.8, 4) is 0 Å². The van der Waals surface area contributed by atoms with Crippen molar-refractivity contribution < 1.29 is 9.18 Å². The third-order valence-electron chi connectivity index (χ3n) is 6.44. The summed E-state index contributed by atoms with van der Waals surface area (Å²) >= 11 is 0. The molecule has 2 aromatic rings. The predicted octanol–water partition coefficient (Wildman–Crippen LogP) is 3.15. The number of aromatic nitrogens is 1. The van der Waals surface area contributed by atoms with Crippen LogP contribution in [0.25, 0.3) is 10.9 Å². The van der Waals surface area contributed by atoms with Crippen LogP contribution in [0.1, 0.15) is 56.4 Å². The molecule has 2 fully saturated rings. The Kier molecular flexibility index (Phi) is 5.82. The summed E-state index contributed by atoms with van der Waals surface area (Å²) < 4.78 is 17.1. The van der Waals surface area contributed by atoms with E-state index in [1.165, 1.54) is 6.07 Å². The number of rotatable bonds is 6. The molecule has 1 amide bonds. The number of hydrogen-bond acceptors (Lipinski definition) is 4. The van der Waals surface area contributed by atoms with E-state index in [2.05, 4.69) is 22.0 Å². The van der Waals surface area contributed by atoms with E-state index in [0.717, 1.165) is 57.5 Å². The Labute approximate surface area is 176 Å². The third kappa shape index (κ3) is 3.95.